The maximum atomic E-state index is 13.9. The van der Waals surface area contributed by atoms with Crippen molar-refractivity contribution in [1.29, 1.82) is 0 Å². The van der Waals surface area contributed by atoms with Gasteiger partial charge in [-0.05, 0) is 331 Å². The predicted octanol–water partition coefficient (Wildman–Crippen LogP) is 29.2. The summed E-state index contributed by atoms with van der Waals surface area (Å²) in [6.07, 6.45) is 11.3. The number of aromatic hydroxyl groups is 4. The molecule has 0 unspecified atom stereocenters. The van der Waals surface area contributed by atoms with Crippen molar-refractivity contribution in [2.24, 2.45) is 0 Å². The number of aryl methyl sites for hydroxylation is 12. The van der Waals surface area contributed by atoms with Crippen molar-refractivity contribution in [3.8, 4) is 69.0 Å². The van der Waals surface area contributed by atoms with Crippen LogP contribution in [0.3, 0.4) is 0 Å². The fourth-order valence-corrected chi connectivity index (χ4v) is 21.0. The second-order valence-corrected chi connectivity index (χ2v) is 37.0. The first-order valence-electron chi connectivity index (χ1n) is 41.8. The zero-order chi connectivity index (χ0) is 99.4. The lowest BCUT2D eigenvalue weighted by molar-refractivity contribution is -0.124. The molecular weight excluding hydrogens is 1910 g/mol. The number of thiophene rings is 4. The van der Waals surface area contributed by atoms with Crippen LogP contribution in [-0.4, -0.2) is 69.4 Å². The van der Waals surface area contributed by atoms with Crippen molar-refractivity contribution < 1.29 is 110 Å². The molecular formula is C108H82Cl3F3O20S4. The Balaban J connectivity index is 0.000000155. The maximum absolute atomic E-state index is 13.9. The van der Waals surface area contributed by atoms with Crippen LogP contribution < -0.4 is 18.9 Å². The summed E-state index contributed by atoms with van der Waals surface area (Å²) in [5.41, 5.74) is 13.3. The van der Waals surface area contributed by atoms with E-state index in [1.165, 1.54) is 131 Å². The highest BCUT2D eigenvalue weighted by Gasteiger charge is 2.31. The van der Waals surface area contributed by atoms with Crippen LogP contribution in [0.4, 0.5) is 13.2 Å². The molecule has 0 fully saturated rings. The molecule has 30 heteroatoms. The topological polar surface area (TPSA) is 291 Å². The van der Waals surface area contributed by atoms with Gasteiger partial charge >= 0.3 is 0 Å². The molecule has 4 aromatic heterocycles. The third-order valence-corrected chi connectivity index (χ3v) is 27.1. The largest absolute Gasteiger partial charge is 0.508 e. The average Bonchev–Trinajstić information content (AvgIpc) is 1.66. The van der Waals surface area contributed by atoms with Gasteiger partial charge in [0.05, 0.1) is 40.1 Å². The number of phenolic OH excluding ortho intramolecular Hbond substituents is 4. The van der Waals surface area contributed by atoms with E-state index in [-0.39, 0.29) is 62.6 Å². The molecule has 0 saturated carbocycles. The molecule has 4 heterocycles. The van der Waals surface area contributed by atoms with Crippen LogP contribution in [0.2, 0.25) is 15.1 Å². The molecule has 16 rings (SSSR count). The van der Waals surface area contributed by atoms with E-state index in [0.717, 1.165) is 44.5 Å². The Bertz CT molecular complexity index is 7120. The zero-order valence-electron chi connectivity index (χ0n) is 75.5. The Morgan fingerprint density at radius 2 is 0.543 bits per heavy atom. The number of fused-ring (bicyclic) bond motifs is 4. The summed E-state index contributed by atoms with van der Waals surface area (Å²) in [4.78, 5) is 97.5. The third-order valence-electron chi connectivity index (χ3n) is 21.6. The summed E-state index contributed by atoms with van der Waals surface area (Å²) in [5.74, 6) is 1.28. The van der Waals surface area contributed by atoms with Gasteiger partial charge in [0.1, 0.15) is 83.0 Å². The normalized spacial score (nSPS) is 11.2. The first-order chi connectivity index (χ1) is 65.9. The number of carbonyl (C=O) groups is 8. The number of rotatable bonds is 28. The van der Waals surface area contributed by atoms with Gasteiger partial charge in [-0.3, -0.25) is 38.4 Å². The summed E-state index contributed by atoms with van der Waals surface area (Å²) in [5, 5.41) is 43.4. The van der Waals surface area contributed by atoms with Crippen molar-refractivity contribution in [3.05, 3.63) is 370 Å². The molecule has 0 amide bonds. The predicted molar refractivity (Wildman–Crippen MR) is 536 cm³/mol. The number of phenols is 4. The lowest BCUT2D eigenvalue weighted by Gasteiger charge is -2.13. The minimum Gasteiger partial charge on any atom is -0.508 e. The fraction of sp³-hybridized carbons (Fsp3) is 0.111. The molecule has 0 atom stereocenters. The highest BCUT2D eigenvalue weighted by atomic mass is 35.5. The second-order valence-electron chi connectivity index (χ2n) is 31.6. The van der Waals surface area contributed by atoms with E-state index >= 15 is 0 Å². The molecule has 0 saturated heterocycles. The molecule has 0 bridgehead atoms. The van der Waals surface area contributed by atoms with E-state index in [1.54, 1.807) is 151 Å². The van der Waals surface area contributed by atoms with Gasteiger partial charge in [0.2, 0.25) is 23.1 Å². The number of halogens is 6. The summed E-state index contributed by atoms with van der Waals surface area (Å²) in [6, 6.07) is 48.3. The number of ketones is 4. The van der Waals surface area contributed by atoms with E-state index in [9.17, 15) is 72.0 Å². The number of carbonyl (C=O) groups excluding carboxylic acids is 8. The van der Waals surface area contributed by atoms with Gasteiger partial charge in [0, 0.05) is 86.4 Å². The van der Waals surface area contributed by atoms with Crippen molar-refractivity contribution >= 4 is 194 Å². The van der Waals surface area contributed by atoms with Crippen molar-refractivity contribution in [2.45, 2.75) is 83.1 Å². The van der Waals surface area contributed by atoms with Gasteiger partial charge in [-0.15, -0.1) is 45.3 Å². The summed E-state index contributed by atoms with van der Waals surface area (Å²) in [6.45, 7) is 22.9. The maximum Gasteiger partial charge on any atom is 0.297 e. The van der Waals surface area contributed by atoms with Crippen LogP contribution in [0.1, 0.15) is 150 Å². The van der Waals surface area contributed by atoms with E-state index in [4.69, 9.17) is 53.8 Å². The first-order valence-corrected chi connectivity index (χ1v) is 46.2. The van der Waals surface area contributed by atoms with E-state index in [2.05, 4.69) is 18.9 Å². The van der Waals surface area contributed by atoms with Crippen molar-refractivity contribution in [1.82, 2.24) is 0 Å². The minimum absolute atomic E-state index is 0.0603. The van der Waals surface area contributed by atoms with Crippen molar-refractivity contribution in [3.63, 3.8) is 0 Å². The second kappa shape index (κ2) is 44.3. The highest BCUT2D eigenvalue weighted by molar-refractivity contribution is 7.23. The zero-order valence-corrected chi connectivity index (χ0v) is 81.0. The summed E-state index contributed by atoms with van der Waals surface area (Å²) in [7, 11) is 0. The monoisotopic (exact) mass is 1990 g/mol. The fourth-order valence-electron chi connectivity index (χ4n) is 15.7. The molecule has 4 N–H and O–H groups in total. The van der Waals surface area contributed by atoms with E-state index in [1.807, 2.05) is 77.9 Å². The van der Waals surface area contributed by atoms with Crippen LogP contribution in [0.25, 0.3) is 64.6 Å². The molecule has 700 valence electrons. The van der Waals surface area contributed by atoms with Crippen molar-refractivity contribution in [2.75, 3.05) is 0 Å². The highest BCUT2D eigenvalue weighted by Crippen LogP contribution is 2.50. The Hall–Kier alpha value is -14.9. The number of hydrogen-bond acceptors (Lipinski definition) is 24. The third kappa shape index (κ3) is 23.1. The van der Waals surface area contributed by atoms with Gasteiger partial charge in [-0.25, -0.2) is 13.2 Å². The minimum atomic E-state index is -0.411. The molecule has 0 aliphatic heterocycles. The van der Waals surface area contributed by atoms with Crippen LogP contribution in [0.15, 0.2) is 207 Å². The number of ether oxygens (including phenoxy) is 8. The summed E-state index contributed by atoms with van der Waals surface area (Å²) >= 11 is 24.0. The Labute approximate surface area is 820 Å². The molecule has 0 aliphatic carbocycles. The quantitative estimate of drug-likeness (QED) is 0.0153. The molecule has 138 heavy (non-hydrogen) atoms. The Morgan fingerprint density at radius 1 is 0.283 bits per heavy atom. The van der Waals surface area contributed by atoms with Crippen LogP contribution in [0, 0.1) is 101 Å². The molecule has 16 aromatic rings. The van der Waals surface area contributed by atoms with E-state index < -0.39 is 17.5 Å². The van der Waals surface area contributed by atoms with Gasteiger partial charge in [-0.2, -0.15) is 0 Å². The first kappa shape index (κ1) is 101. The SMILES string of the molecule is Cc1cc(C)c(C(=O)c2sc3cc(O)ccc3c2Oc2cc(Cl)c(/C=C/OC=O)c(Cl)c2)c(C)c1.Cc1cc(F)cc(C)c1C(=O)c1sc2cc(O)ccc2c1Oc1ccc(/C=C/OC=O)c(Cl)c1.Cc1cc(Oc2c(C(=O)c3c(C)cc(F)cc3C)sc3cc(O)ccc23)cc(C)c1/C=C/OC=O.Cc1cc(Oc2c(C(=O)c3c(C)cc(F)cc3C)sc3cc(O)ccc23)ccc1/C=C/OC=O. The average molecular weight is 1990 g/mol. The molecule has 0 aliphatic rings. The molecule has 0 spiro atoms. The van der Waals surface area contributed by atoms with Gasteiger partial charge < -0.3 is 58.3 Å². The Kier molecular flexibility index (Phi) is 32.2. The van der Waals surface area contributed by atoms with Crippen LogP contribution in [-0.2, 0) is 38.1 Å². The van der Waals surface area contributed by atoms with Gasteiger partial charge in [0.25, 0.3) is 25.9 Å². The van der Waals surface area contributed by atoms with Gasteiger partial charge in [-0.1, -0.05) is 58.6 Å². The summed E-state index contributed by atoms with van der Waals surface area (Å²) < 4.78 is 87.6. The van der Waals surface area contributed by atoms with Crippen LogP contribution in [0.5, 0.6) is 69.0 Å². The Morgan fingerprint density at radius 3 is 0.855 bits per heavy atom. The molecule has 0 radical (unpaired) electrons. The molecule has 20 nitrogen and oxygen atoms in total. The standard InChI is InChI=1S/C28H23FO5S.C27H20Cl2O5S.C27H21FO5S.C26H18ClFO5S/c1-15-11-21(12-16(2)22(15)7-8-33-14-30)34-27-23-6-5-20(31)13-24(23)35-28(27)26(32)25-17(3)9-19(29)10-18(25)4;1-14-8-15(2)24(16(3)9-14)25(32)27-26(20-5-4-17(31)10-23(20)35-27)34-18-11-21(28)19(22(29)12-18)6-7-33-13-30;1-15-12-21(6-4-18(15)8-9-32-14-29)33-26-22-7-5-20(30)13-23(22)34-27(26)25(31)24-16(2)10-19(28)11-17(24)3;1-14-9-17(28)10-15(2)23(14)24(31)26-25(20-6-4-18(30)11-22(20)34-26)33-19-5-3-16(21(27)12-19)7-8-32-13-29/h5-14,31H,1-4H3;4-13,31H,1-3H3;4-14,30H,1-3H3;3-13,30H,1-2H3/b8-7+;7-6+;9-8+;8-7+. The lowest BCUT2D eigenvalue weighted by Crippen LogP contribution is -2.06. The smallest absolute Gasteiger partial charge is 0.297 e. The van der Waals surface area contributed by atoms with Crippen LogP contribution >= 0.6 is 80.1 Å². The van der Waals surface area contributed by atoms with E-state index in [0.29, 0.717) is 197 Å². The lowest BCUT2D eigenvalue weighted by atomic mass is 9.95. The molecule has 12 aromatic carbocycles. The van der Waals surface area contributed by atoms with Gasteiger partial charge in [0.15, 0.2) is 23.0 Å². The number of hydrogen-bond donors (Lipinski definition) is 4. The number of benzene rings is 12.